The van der Waals surface area contributed by atoms with Crippen LogP contribution in [0.3, 0.4) is 0 Å². The lowest BCUT2D eigenvalue weighted by Gasteiger charge is -2.18. The molecule has 3 nitrogen and oxygen atoms in total. The third-order valence-electron chi connectivity index (χ3n) is 3.29. The molecule has 22 heavy (non-hydrogen) atoms. The Hall–Kier alpha value is -1.98. The molecule has 0 fully saturated rings. The van der Waals surface area contributed by atoms with Crippen molar-refractivity contribution >= 4 is 0 Å². The monoisotopic (exact) mass is 307 g/mol. The van der Waals surface area contributed by atoms with Crippen LogP contribution in [0, 0.1) is 11.6 Å². The Kier molecular flexibility index (Phi) is 5.86. The second-order valence-corrected chi connectivity index (χ2v) is 5.08. The fourth-order valence-corrected chi connectivity index (χ4v) is 1.99. The molecule has 2 N–H and O–H groups in total. The highest BCUT2D eigenvalue weighted by molar-refractivity contribution is 5.23. The molecule has 0 spiro atoms. The molecule has 2 rings (SSSR count). The van der Waals surface area contributed by atoms with E-state index in [1.807, 2.05) is 37.3 Å². The average molecular weight is 307 g/mol. The molecule has 0 amide bonds. The van der Waals surface area contributed by atoms with Crippen LogP contribution in [0.25, 0.3) is 0 Å². The van der Waals surface area contributed by atoms with Gasteiger partial charge in [0.25, 0.3) is 0 Å². The minimum atomic E-state index is -0.970. The fraction of sp³-hybridized carbons (Fsp3) is 0.294. The molecule has 2 aromatic rings. The van der Waals surface area contributed by atoms with Gasteiger partial charge in [0.15, 0.2) is 11.6 Å². The first-order chi connectivity index (χ1) is 10.6. The molecule has 5 heteroatoms. The highest BCUT2D eigenvalue weighted by Crippen LogP contribution is 2.15. The maximum Gasteiger partial charge on any atom is 0.162 e. The van der Waals surface area contributed by atoms with Crippen molar-refractivity contribution in [2.75, 3.05) is 13.2 Å². The van der Waals surface area contributed by atoms with Crippen LogP contribution in [-0.4, -0.2) is 24.4 Å². The van der Waals surface area contributed by atoms with E-state index in [4.69, 9.17) is 4.74 Å². The maximum atomic E-state index is 13.0. The topological polar surface area (TPSA) is 41.5 Å². The summed E-state index contributed by atoms with van der Waals surface area (Å²) in [5.74, 6) is -1.71. The third kappa shape index (κ3) is 4.79. The summed E-state index contributed by atoms with van der Waals surface area (Å²) in [7, 11) is 0. The molecule has 0 radical (unpaired) electrons. The zero-order chi connectivity index (χ0) is 15.9. The molecule has 118 valence electrons. The van der Waals surface area contributed by atoms with Gasteiger partial charge in [-0.2, -0.15) is 0 Å². The van der Waals surface area contributed by atoms with Crippen LogP contribution < -0.4 is 10.1 Å². The molecule has 2 unspecified atom stereocenters. The number of benzene rings is 2. The molecule has 2 atom stereocenters. The van der Waals surface area contributed by atoms with Crippen LogP contribution in [0.5, 0.6) is 5.75 Å². The number of rotatable bonds is 7. The summed E-state index contributed by atoms with van der Waals surface area (Å²) in [5.41, 5.74) is 1.12. The van der Waals surface area contributed by atoms with Gasteiger partial charge >= 0.3 is 0 Å². The number of hydrogen-bond donors (Lipinski definition) is 2. The largest absolute Gasteiger partial charge is 0.491 e. The number of halogens is 2. The van der Waals surface area contributed by atoms with Gasteiger partial charge in [-0.3, -0.25) is 0 Å². The Bertz CT molecular complexity index is 592. The first kappa shape index (κ1) is 16.4. The van der Waals surface area contributed by atoms with Gasteiger partial charge < -0.3 is 15.2 Å². The van der Waals surface area contributed by atoms with E-state index < -0.39 is 17.7 Å². The van der Waals surface area contributed by atoms with Crippen molar-refractivity contribution in [3.05, 3.63) is 65.7 Å². The van der Waals surface area contributed by atoms with Gasteiger partial charge in [-0.25, -0.2) is 8.78 Å². The smallest absolute Gasteiger partial charge is 0.162 e. The Morgan fingerprint density at radius 3 is 2.50 bits per heavy atom. The number of nitrogens with one attached hydrogen (secondary N) is 1. The third-order valence-corrected chi connectivity index (χ3v) is 3.29. The van der Waals surface area contributed by atoms with Crippen molar-refractivity contribution in [1.29, 1.82) is 0 Å². The summed E-state index contributed by atoms with van der Waals surface area (Å²) in [6.07, 6.45) is -0.751. The normalized spacial score (nSPS) is 13.6. The second-order valence-electron chi connectivity index (χ2n) is 5.08. The predicted octanol–water partition coefficient (Wildman–Crippen LogP) is 3.06. The van der Waals surface area contributed by atoms with Gasteiger partial charge in [-0.05, 0) is 24.6 Å². The lowest BCUT2D eigenvalue weighted by molar-refractivity contribution is 0.104. The van der Waals surface area contributed by atoms with Crippen LogP contribution in [-0.2, 0) is 0 Å². The zero-order valence-corrected chi connectivity index (χ0v) is 12.3. The van der Waals surface area contributed by atoms with Crippen LogP contribution in [0.2, 0.25) is 0 Å². The minimum absolute atomic E-state index is 0.000415. The average Bonchev–Trinajstić information content (AvgIpc) is 2.54. The van der Waals surface area contributed by atoms with Crippen LogP contribution in [0.1, 0.15) is 18.5 Å². The first-order valence-corrected chi connectivity index (χ1v) is 7.10. The van der Waals surface area contributed by atoms with E-state index in [0.717, 1.165) is 17.7 Å². The molecule has 2 aromatic carbocycles. The Labute approximate surface area is 128 Å². The molecule has 0 aliphatic heterocycles. The van der Waals surface area contributed by atoms with Gasteiger partial charge in [-0.15, -0.1) is 0 Å². The van der Waals surface area contributed by atoms with E-state index in [9.17, 15) is 13.9 Å². The van der Waals surface area contributed by atoms with Crippen molar-refractivity contribution in [2.24, 2.45) is 0 Å². The van der Waals surface area contributed by atoms with Gasteiger partial charge in [0, 0.05) is 18.7 Å². The van der Waals surface area contributed by atoms with Gasteiger partial charge in [0.2, 0.25) is 0 Å². The first-order valence-electron chi connectivity index (χ1n) is 7.10. The van der Waals surface area contributed by atoms with Crippen molar-refractivity contribution in [1.82, 2.24) is 5.32 Å². The number of aliphatic hydroxyl groups excluding tert-OH is 1. The van der Waals surface area contributed by atoms with Crippen molar-refractivity contribution in [3.8, 4) is 5.75 Å². The van der Waals surface area contributed by atoms with E-state index in [1.165, 1.54) is 6.07 Å². The number of ether oxygens (including phenoxy) is 1. The van der Waals surface area contributed by atoms with Crippen molar-refractivity contribution < 1.29 is 18.6 Å². The highest BCUT2D eigenvalue weighted by Gasteiger charge is 2.10. The molecule has 0 saturated carbocycles. The Balaban J connectivity index is 1.76. The minimum Gasteiger partial charge on any atom is -0.491 e. The van der Waals surface area contributed by atoms with E-state index in [0.29, 0.717) is 6.54 Å². The summed E-state index contributed by atoms with van der Waals surface area (Å²) in [5, 5.41) is 13.1. The molecular weight excluding hydrogens is 288 g/mol. The van der Waals surface area contributed by atoms with E-state index in [2.05, 4.69) is 5.32 Å². The summed E-state index contributed by atoms with van der Waals surface area (Å²) in [4.78, 5) is 0. The van der Waals surface area contributed by atoms with Crippen molar-refractivity contribution in [2.45, 2.75) is 19.1 Å². The molecule has 0 aliphatic carbocycles. The molecule has 0 bridgehead atoms. The predicted molar refractivity (Wildman–Crippen MR) is 80.7 cm³/mol. The maximum absolute atomic E-state index is 13.0. The quantitative estimate of drug-likeness (QED) is 0.826. The van der Waals surface area contributed by atoms with Gasteiger partial charge in [0.1, 0.15) is 18.5 Å². The standard InChI is InChI=1S/C17H19F2NO2/c1-12(13-5-3-2-4-6-13)20-10-14(21)11-22-15-7-8-16(18)17(19)9-15/h2-9,12,14,20-21H,10-11H2,1H3. The van der Waals surface area contributed by atoms with Crippen LogP contribution in [0.4, 0.5) is 8.78 Å². The van der Waals surface area contributed by atoms with E-state index in [1.54, 1.807) is 0 Å². The zero-order valence-electron chi connectivity index (χ0n) is 12.3. The summed E-state index contributed by atoms with van der Waals surface area (Å²) < 4.78 is 31.0. The second kappa shape index (κ2) is 7.87. The summed E-state index contributed by atoms with van der Waals surface area (Å²) >= 11 is 0. The number of aliphatic hydroxyl groups is 1. The molecule has 0 heterocycles. The lowest BCUT2D eigenvalue weighted by atomic mass is 10.1. The molecular formula is C17H19F2NO2. The Morgan fingerprint density at radius 2 is 1.82 bits per heavy atom. The van der Waals surface area contributed by atoms with E-state index in [-0.39, 0.29) is 18.4 Å². The van der Waals surface area contributed by atoms with Gasteiger partial charge in [0.05, 0.1) is 0 Å². The van der Waals surface area contributed by atoms with E-state index >= 15 is 0 Å². The lowest BCUT2D eigenvalue weighted by Crippen LogP contribution is -2.33. The van der Waals surface area contributed by atoms with Crippen molar-refractivity contribution in [3.63, 3.8) is 0 Å². The van der Waals surface area contributed by atoms with Crippen LogP contribution in [0.15, 0.2) is 48.5 Å². The highest BCUT2D eigenvalue weighted by atomic mass is 19.2. The van der Waals surface area contributed by atoms with Crippen LogP contribution >= 0.6 is 0 Å². The summed E-state index contributed by atoms with van der Waals surface area (Å²) in [6, 6.07) is 13.2. The molecule has 0 saturated heterocycles. The summed E-state index contributed by atoms with van der Waals surface area (Å²) in [6.45, 7) is 2.33. The Morgan fingerprint density at radius 1 is 1.09 bits per heavy atom. The fourth-order valence-electron chi connectivity index (χ4n) is 1.99. The molecule has 0 aliphatic rings. The SMILES string of the molecule is CC(NCC(O)COc1ccc(F)c(F)c1)c1ccccc1. The molecule has 0 aromatic heterocycles. The van der Waals surface area contributed by atoms with Gasteiger partial charge in [-0.1, -0.05) is 30.3 Å². The number of hydrogen-bond acceptors (Lipinski definition) is 3.